The van der Waals surface area contributed by atoms with E-state index >= 15 is 0 Å². The molecule has 104 valence electrons. The van der Waals surface area contributed by atoms with Gasteiger partial charge in [-0.2, -0.15) is 0 Å². The molecule has 0 aliphatic carbocycles. The van der Waals surface area contributed by atoms with E-state index < -0.39 is 11.7 Å². The second-order valence-corrected chi connectivity index (χ2v) is 4.74. The third-order valence-corrected chi connectivity index (χ3v) is 3.23. The Morgan fingerprint density at radius 3 is 2.50 bits per heavy atom. The van der Waals surface area contributed by atoms with Gasteiger partial charge in [0.15, 0.2) is 0 Å². The maximum absolute atomic E-state index is 12.9. The van der Waals surface area contributed by atoms with Gasteiger partial charge in [-0.25, -0.2) is 4.39 Å². The molecule has 0 bridgehead atoms. The monoisotopic (exact) mass is 313 g/mol. The van der Waals surface area contributed by atoms with Gasteiger partial charge in [0, 0.05) is 6.07 Å². The number of ether oxygens (including phenoxy) is 1. The zero-order valence-electron chi connectivity index (χ0n) is 10.4. The van der Waals surface area contributed by atoms with Crippen molar-refractivity contribution in [2.45, 2.75) is 0 Å². The predicted octanol–water partition coefficient (Wildman–Crippen LogP) is 4.39. The minimum Gasteiger partial charge on any atom is -0.497 e. The molecule has 0 radical (unpaired) electrons. The number of carbonyl (C=O) groups excluding carboxylic acids is 1. The van der Waals surface area contributed by atoms with Gasteiger partial charge in [0.05, 0.1) is 28.4 Å². The molecule has 2 rings (SSSR count). The van der Waals surface area contributed by atoms with Crippen LogP contribution in [0, 0.1) is 5.82 Å². The average molecular weight is 314 g/mol. The van der Waals surface area contributed by atoms with Crippen LogP contribution in [0.3, 0.4) is 0 Å². The van der Waals surface area contributed by atoms with Crippen LogP contribution in [0.15, 0.2) is 36.4 Å². The van der Waals surface area contributed by atoms with Gasteiger partial charge in [-0.15, -0.1) is 0 Å². The van der Waals surface area contributed by atoms with E-state index in [1.807, 2.05) is 0 Å². The number of amides is 1. The summed E-state index contributed by atoms with van der Waals surface area (Å²) in [6.07, 6.45) is 0. The number of hydrogen-bond donors (Lipinski definition) is 1. The Bertz CT molecular complexity index is 662. The van der Waals surface area contributed by atoms with E-state index in [-0.39, 0.29) is 10.6 Å². The largest absolute Gasteiger partial charge is 0.497 e. The van der Waals surface area contributed by atoms with Gasteiger partial charge in [0.25, 0.3) is 5.91 Å². The maximum atomic E-state index is 12.9. The van der Waals surface area contributed by atoms with Crippen molar-refractivity contribution < 1.29 is 13.9 Å². The van der Waals surface area contributed by atoms with Gasteiger partial charge in [0.1, 0.15) is 11.6 Å². The van der Waals surface area contributed by atoms with Crippen LogP contribution in [0.4, 0.5) is 10.1 Å². The predicted molar refractivity (Wildman–Crippen MR) is 77.4 cm³/mol. The van der Waals surface area contributed by atoms with E-state index in [0.717, 1.165) is 12.1 Å². The van der Waals surface area contributed by atoms with Gasteiger partial charge in [-0.3, -0.25) is 4.79 Å². The Labute approximate surface area is 125 Å². The molecule has 1 N–H and O–H groups in total. The van der Waals surface area contributed by atoms with Crippen molar-refractivity contribution in [3.05, 3.63) is 57.8 Å². The molecule has 0 unspecified atom stereocenters. The number of methoxy groups -OCH3 is 1. The first kappa shape index (κ1) is 14.6. The lowest BCUT2D eigenvalue weighted by molar-refractivity contribution is 0.102. The Balaban J connectivity index is 2.23. The lowest BCUT2D eigenvalue weighted by Crippen LogP contribution is -2.13. The zero-order valence-corrected chi connectivity index (χ0v) is 11.9. The van der Waals surface area contributed by atoms with E-state index in [1.165, 1.54) is 13.2 Å². The van der Waals surface area contributed by atoms with Crippen LogP contribution in [0.1, 0.15) is 10.4 Å². The third kappa shape index (κ3) is 3.21. The van der Waals surface area contributed by atoms with Gasteiger partial charge in [-0.1, -0.05) is 23.2 Å². The molecule has 0 heterocycles. The van der Waals surface area contributed by atoms with Crippen LogP contribution < -0.4 is 10.1 Å². The summed E-state index contributed by atoms with van der Waals surface area (Å²) in [6, 6.07) is 8.39. The molecule has 0 fully saturated rings. The Kier molecular flexibility index (Phi) is 4.47. The number of nitrogens with one attached hydrogen (secondary N) is 1. The Morgan fingerprint density at radius 1 is 1.15 bits per heavy atom. The first-order valence-electron chi connectivity index (χ1n) is 5.61. The van der Waals surface area contributed by atoms with Crippen LogP contribution in [0.5, 0.6) is 5.75 Å². The topological polar surface area (TPSA) is 38.3 Å². The first-order valence-corrected chi connectivity index (χ1v) is 6.37. The molecule has 2 aromatic carbocycles. The molecule has 6 heteroatoms. The normalized spacial score (nSPS) is 10.2. The van der Waals surface area contributed by atoms with Crippen molar-refractivity contribution in [3.8, 4) is 5.75 Å². The third-order valence-electron chi connectivity index (χ3n) is 2.60. The number of carbonyl (C=O) groups is 1. The smallest absolute Gasteiger partial charge is 0.257 e. The molecule has 0 atom stereocenters. The Morgan fingerprint density at radius 2 is 1.90 bits per heavy atom. The summed E-state index contributed by atoms with van der Waals surface area (Å²) in [5.41, 5.74) is 0.581. The van der Waals surface area contributed by atoms with Crippen molar-refractivity contribution in [1.82, 2.24) is 0 Å². The van der Waals surface area contributed by atoms with Crippen molar-refractivity contribution in [3.63, 3.8) is 0 Å². The van der Waals surface area contributed by atoms with Crippen LogP contribution in [-0.2, 0) is 0 Å². The molecular formula is C14H10Cl2FNO2. The fraction of sp³-hybridized carbons (Fsp3) is 0.0714. The summed E-state index contributed by atoms with van der Waals surface area (Å²) in [6.45, 7) is 0. The molecule has 0 aliphatic heterocycles. The minimum atomic E-state index is -0.506. The van der Waals surface area contributed by atoms with Gasteiger partial charge < -0.3 is 10.1 Å². The van der Waals surface area contributed by atoms with E-state index in [0.29, 0.717) is 16.5 Å². The van der Waals surface area contributed by atoms with Crippen molar-refractivity contribution in [2.24, 2.45) is 0 Å². The van der Waals surface area contributed by atoms with E-state index in [1.54, 1.807) is 18.2 Å². The highest BCUT2D eigenvalue weighted by atomic mass is 35.5. The van der Waals surface area contributed by atoms with Crippen LogP contribution in [0.2, 0.25) is 10.0 Å². The molecule has 0 saturated carbocycles. The Hall–Kier alpha value is -1.78. The molecule has 2 aromatic rings. The number of benzene rings is 2. The molecule has 0 aromatic heterocycles. The molecule has 20 heavy (non-hydrogen) atoms. The van der Waals surface area contributed by atoms with Crippen molar-refractivity contribution in [2.75, 3.05) is 12.4 Å². The lowest BCUT2D eigenvalue weighted by Gasteiger charge is -2.09. The molecule has 0 aliphatic rings. The maximum Gasteiger partial charge on any atom is 0.257 e. The van der Waals surface area contributed by atoms with Crippen LogP contribution in [0.25, 0.3) is 0 Å². The highest BCUT2D eigenvalue weighted by Crippen LogP contribution is 2.27. The summed E-state index contributed by atoms with van der Waals surface area (Å²) < 4.78 is 17.9. The van der Waals surface area contributed by atoms with E-state index in [2.05, 4.69) is 5.32 Å². The molecule has 1 amide bonds. The SMILES string of the molecule is COc1ccc(NC(=O)c2ccc(F)cc2Cl)c(Cl)c1. The lowest BCUT2D eigenvalue weighted by atomic mass is 10.2. The zero-order chi connectivity index (χ0) is 14.7. The highest BCUT2D eigenvalue weighted by molar-refractivity contribution is 6.36. The van der Waals surface area contributed by atoms with Crippen LogP contribution in [-0.4, -0.2) is 13.0 Å². The summed E-state index contributed by atoms with van der Waals surface area (Å²) in [5, 5.41) is 2.97. The average Bonchev–Trinajstić information content (AvgIpc) is 2.40. The fourth-order valence-corrected chi connectivity index (χ4v) is 2.06. The summed E-state index contributed by atoms with van der Waals surface area (Å²) in [5.74, 6) is -0.399. The summed E-state index contributed by atoms with van der Waals surface area (Å²) in [4.78, 5) is 12.0. The quantitative estimate of drug-likeness (QED) is 0.912. The second kappa shape index (κ2) is 6.11. The first-order chi connectivity index (χ1) is 9.51. The van der Waals surface area contributed by atoms with Crippen LogP contribution >= 0.6 is 23.2 Å². The van der Waals surface area contributed by atoms with E-state index in [4.69, 9.17) is 27.9 Å². The van der Waals surface area contributed by atoms with Gasteiger partial charge >= 0.3 is 0 Å². The highest BCUT2D eigenvalue weighted by Gasteiger charge is 2.13. The second-order valence-electron chi connectivity index (χ2n) is 3.92. The van der Waals surface area contributed by atoms with Crippen molar-refractivity contribution >= 4 is 34.8 Å². The van der Waals surface area contributed by atoms with Gasteiger partial charge in [-0.05, 0) is 30.3 Å². The molecule has 3 nitrogen and oxygen atoms in total. The van der Waals surface area contributed by atoms with E-state index in [9.17, 15) is 9.18 Å². The molecular weight excluding hydrogens is 304 g/mol. The number of anilines is 1. The fourth-order valence-electron chi connectivity index (χ4n) is 1.59. The van der Waals surface area contributed by atoms with Crippen molar-refractivity contribution in [1.29, 1.82) is 0 Å². The number of halogens is 3. The minimum absolute atomic E-state index is 0.0344. The number of hydrogen-bond acceptors (Lipinski definition) is 2. The molecule has 0 spiro atoms. The summed E-state index contributed by atoms with van der Waals surface area (Å²) in [7, 11) is 1.52. The van der Waals surface area contributed by atoms with Gasteiger partial charge in [0.2, 0.25) is 0 Å². The standard InChI is InChI=1S/C14H10Cl2FNO2/c1-20-9-3-5-13(12(16)7-9)18-14(19)10-4-2-8(17)6-11(10)15/h2-7H,1H3,(H,18,19). The summed E-state index contributed by atoms with van der Waals surface area (Å²) >= 11 is 11.8. The number of rotatable bonds is 3. The molecule has 0 saturated heterocycles.